The summed E-state index contributed by atoms with van der Waals surface area (Å²) in [6, 6.07) is 8.56. The van der Waals surface area contributed by atoms with E-state index in [2.05, 4.69) is 6.07 Å². The summed E-state index contributed by atoms with van der Waals surface area (Å²) < 4.78 is 29.6. The van der Waals surface area contributed by atoms with E-state index in [0.29, 0.717) is 12.0 Å². The van der Waals surface area contributed by atoms with Gasteiger partial charge in [-0.15, -0.1) is 0 Å². The van der Waals surface area contributed by atoms with Crippen molar-refractivity contribution < 1.29 is 18.3 Å². The summed E-state index contributed by atoms with van der Waals surface area (Å²) in [6.45, 7) is 0.194. The number of sulfone groups is 1. The molecule has 0 bridgehead atoms. The highest BCUT2D eigenvalue weighted by molar-refractivity contribution is 7.91. The van der Waals surface area contributed by atoms with Crippen molar-refractivity contribution in [3.8, 4) is 6.07 Å². The Morgan fingerprint density at radius 3 is 2.84 bits per heavy atom. The van der Waals surface area contributed by atoms with Gasteiger partial charge < -0.3 is 9.84 Å². The Hall–Kier alpha value is -1.42. The van der Waals surface area contributed by atoms with Crippen molar-refractivity contribution in [2.24, 2.45) is 0 Å². The molecule has 0 fully saturated rings. The van der Waals surface area contributed by atoms with Crippen LogP contribution in [0.3, 0.4) is 0 Å². The van der Waals surface area contributed by atoms with Crippen LogP contribution >= 0.6 is 0 Å². The number of fused-ring (bicyclic) bond motifs is 1. The SMILES string of the molecule is N#CC1(OCCCO)CCS(=O)(=O)c2ccccc21. The number of benzene rings is 1. The lowest BCUT2D eigenvalue weighted by atomic mass is 9.91. The van der Waals surface area contributed by atoms with Gasteiger partial charge in [0, 0.05) is 18.6 Å². The van der Waals surface area contributed by atoms with Crippen molar-refractivity contribution in [3.05, 3.63) is 29.8 Å². The van der Waals surface area contributed by atoms with Crippen molar-refractivity contribution in [2.45, 2.75) is 23.3 Å². The van der Waals surface area contributed by atoms with E-state index in [1.54, 1.807) is 18.2 Å². The number of hydrogen-bond donors (Lipinski definition) is 1. The van der Waals surface area contributed by atoms with Crippen LogP contribution in [-0.4, -0.2) is 32.5 Å². The first-order chi connectivity index (χ1) is 9.06. The van der Waals surface area contributed by atoms with Crippen molar-refractivity contribution in [1.29, 1.82) is 5.26 Å². The Bertz CT molecular complexity index is 605. The van der Waals surface area contributed by atoms with E-state index in [1.165, 1.54) is 6.07 Å². The Labute approximate surface area is 112 Å². The van der Waals surface area contributed by atoms with Gasteiger partial charge in [0.2, 0.25) is 0 Å². The normalized spacial score (nSPS) is 24.4. The lowest BCUT2D eigenvalue weighted by Gasteiger charge is -2.32. The van der Waals surface area contributed by atoms with Gasteiger partial charge in [-0.05, 0) is 12.5 Å². The van der Waals surface area contributed by atoms with E-state index in [0.717, 1.165) is 0 Å². The molecule has 0 spiro atoms. The van der Waals surface area contributed by atoms with E-state index in [-0.39, 0.29) is 30.3 Å². The molecular formula is C13H15NO4S. The standard InChI is InChI=1S/C13H15NO4S/c14-10-13(18-8-3-7-15)6-9-19(16,17)12-5-2-1-4-11(12)13/h1-2,4-5,15H,3,6-9H2. The maximum absolute atomic E-state index is 12.0. The molecule has 0 saturated carbocycles. The number of ether oxygens (including phenoxy) is 1. The van der Waals surface area contributed by atoms with Gasteiger partial charge in [-0.25, -0.2) is 8.42 Å². The minimum Gasteiger partial charge on any atom is -0.396 e. The van der Waals surface area contributed by atoms with Crippen molar-refractivity contribution in [2.75, 3.05) is 19.0 Å². The lowest BCUT2D eigenvalue weighted by Crippen LogP contribution is -2.37. The lowest BCUT2D eigenvalue weighted by molar-refractivity contribution is -0.0177. The molecule has 0 aromatic heterocycles. The van der Waals surface area contributed by atoms with Crippen molar-refractivity contribution in [3.63, 3.8) is 0 Å². The first-order valence-electron chi connectivity index (χ1n) is 6.04. The summed E-state index contributed by atoms with van der Waals surface area (Å²) in [5, 5.41) is 18.2. The van der Waals surface area contributed by atoms with Crippen LogP contribution in [0.2, 0.25) is 0 Å². The van der Waals surface area contributed by atoms with E-state index in [9.17, 15) is 13.7 Å². The maximum atomic E-state index is 12.0. The summed E-state index contributed by atoms with van der Waals surface area (Å²) in [6.07, 6.45) is 0.534. The fourth-order valence-electron chi connectivity index (χ4n) is 2.20. The second-order valence-electron chi connectivity index (χ2n) is 4.43. The molecule has 2 rings (SSSR count). The average Bonchev–Trinajstić information content (AvgIpc) is 2.42. The molecule has 0 aliphatic carbocycles. The van der Waals surface area contributed by atoms with Gasteiger partial charge in [0.05, 0.1) is 17.3 Å². The smallest absolute Gasteiger partial charge is 0.181 e. The second-order valence-corrected chi connectivity index (χ2v) is 6.51. The zero-order valence-electron chi connectivity index (χ0n) is 10.4. The van der Waals surface area contributed by atoms with Crippen molar-refractivity contribution >= 4 is 9.84 Å². The molecule has 6 heteroatoms. The zero-order chi connectivity index (χ0) is 13.9. The van der Waals surface area contributed by atoms with Crippen LogP contribution in [0.4, 0.5) is 0 Å². The Kier molecular flexibility index (Phi) is 3.90. The van der Waals surface area contributed by atoms with Gasteiger partial charge >= 0.3 is 0 Å². The molecule has 102 valence electrons. The first-order valence-corrected chi connectivity index (χ1v) is 7.69. The number of aliphatic hydroxyl groups excluding tert-OH is 1. The highest BCUT2D eigenvalue weighted by Crippen LogP contribution is 2.39. The molecule has 1 aliphatic rings. The highest BCUT2D eigenvalue weighted by atomic mass is 32.2. The fourth-order valence-corrected chi connectivity index (χ4v) is 3.83. The van der Waals surface area contributed by atoms with Gasteiger partial charge in [-0.3, -0.25) is 0 Å². The van der Waals surface area contributed by atoms with Gasteiger partial charge in [0.25, 0.3) is 0 Å². The van der Waals surface area contributed by atoms with Gasteiger partial charge in [-0.1, -0.05) is 18.2 Å². The van der Waals surface area contributed by atoms with Crippen LogP contribution in [0.15, 0.2) is 29.2 Å². The molecule has 0 radical (unpaired) electrons. The summed E-state index contributed by atoms with van der Waals surface area (Å²) in [5.41, 5.74) is -0.821. The molecule has 1 aromatic carbocycles. The van der Waals surface area contributed by atoms with E-state index < -0.39 is 15.4 Å². The molecule has 1 aliphatic heterocycles. The minimum atomic E-state index is -3.33. The molecule has 0 amide bonds. The van der Waals surface area contributed by atoms with Gasteiger partial charge in [-0.2, -0.15) is 5.26 Å². The molecular weight excluding hydrogens is 266 g/mol. The molecule has 1 heterocycles. The van der Waals surface area contributed by atoms with Gasteiger partial charge in [0.15, 0.2) is 15.4 Å². The number of rotatable bonds is 4. The molecule has 5 nitrogen and oxygen atoms in total. The summed E-state index contributed by atoms with van der Waals surface area (Å²) in [5.74, 6) is -0.100. The topological polar surface area (TPSA) is 87.4 Å². The molecule has 1 atom stereocenters. The fraction of sp³-hybridized carbons (Fsp3) is 0.462. The average molecular weight is 281 g/mol. The summed E-state index contributed by atoms with van der Waals surface area (Å²) in [7, 11) is -3.33. The Morgan fingerprint density at radius 1 is 1.42 bits per heavy atom. The van der Waals surface area contributed by atoms with Crippen LogP contribution in [0.1, 0.15) is 18.4 Å². The maximum Gasteiger partial charge on any atom is 0.181 e. The van der Waals surface area contributed by atoms with Crippen LogP contribution in [0.5, 0.6) is 0 Å². The quantitative estimate of drug-likeness (QED) is 0.831. The summed E-state index contributed by atoms with van der Waals surface area (Å²) >= 11 is 0. The third kappa shape index (κ3) is 2.50. The number of nitrogens with zero attached hydrogens (tertiary/aromatic N) is 1. The molecule has 1 unspecified atom stereocenters. The number of nitriles is 1. The van der Waals surface area contributed by atoms with Gasteiger partial charge in [0.1, 0.15) is 6.07 Å². The molecule has 1 aromatic rings. The van der Waals surface area contributed by atoms with Crippen LogP contribution < -0.4 is 0 Å². The first kappa shape index (κ1) is 14.0. The van der Waals surface area contributed by atoms with Crippen LogP contribution in [0, 0.1) is 11.3 Å². The highest BCUT2D eigenvalue weighted by Gasteiger charge is 2.43. The summed E-state index contributed by atoms with van der Waals surface area (Å²) in [4.78, 5) is 0.173. The predicted octanol–water partition coefficient (Wildman–Crippen LogP) is 0.982. The number of hydrogen-bond acceptors (Lipinski definition) is 5. The monoisotopic (exact) mass is 281 g/mol. The molecule has 0 saturated heterocycles. The van der Waals surface area contributed by atoms with E-state index in [4.69, 9.17) is 9.84 Å². The Balaban J connectivity index is 2.45. The zero-order valence-corrected chi connectivity index (χ0v) is 11.2. The largest absolute Gasteiger partial charge is 0.396 e. The van der Waals surface area contributed by atoms with Crippen molar-refractivity contribution in [1.82, 2.24) is 0 Å². The number of aliphatic hydroxyl groups is 1. The molecule has 19 heavy (non-hydrogen) atoms. The predicted molar refractivity (Wildman–Crippen MR) is 68.1 cm³/mol. The van der Waals surface area contributed by atoms with Crippen LogP contribution in [0.25, 0.3) is 0 Å². The Morgan fingerprint density at radius 2 is 2.16 bits per heavy atom. The van der Waals surface area contributed by atoms with E-state index in [1.807, 2.05) is 0 Å². The third-order valence-corrected chi connectivity index (χ3v) is 4.98. The third-order valence-electron chi connectivity index (χ3n) is 3.21. The van der Waals surface area contributed by atoms with Crippen LogP contribution in [-0.2, 0) is 20.2 Å². The second kappa shape index (κ2) is 5.29. The molecule has 1 N–H and O–H groups in total. The minimum absolute atomic E-state index is 0.0263. The van der Waals surface area contributed by atoms with E-state index >= 15 is 0 Å².